The minimum atomic E-state index is 0.404. The van der Waals surface area contributed by atoms with E-state index in [0.717, 1.165) is 37.8 Å². The van der Waals surface area contributed by atoms with Gasteiger partial charge in [0.2, 0.25) is 0 Å². The normalized spacial score (nSPS) is 22.3. The molecule has 1 unspecified atom stereocenters. The first kappa shape index (κ1) is 14.8. The molecule has 122 valence electrons. The average Bonchev–Trinajstić information content (AvgIpc) is 3.32. The number of nitrogens with zero attached hydrogens (tertiary/aromatic N) is 4. The third-order valence-corrected chi connectivity index (χ3v) is 4.74. The van der Waals surface area contributed by atoms with Crippen LogP contribution in [0.25, 0.3) is 5.69 Å². The number of piperidine rings is 1. The van der Waals surface area contributed by atoms with Crippen molar-refractivity contribution in [1.82, 2.24) is 19.7 Å². The second-order valence-electron chi connectivity index (χ2n) is 6.72. The van der Waals surface area contributed by atoms with Crippen molar-refractivity contribution < 1.29 is 4.74 Å². The lowest BCUT2D eigenvalue weighted by atomic mass is 10.1. The van der Waals surface area contributed by atoms with Crippen LogP contribution in [0.15, 0.2) is 36.8 Å². The van der Waals surface area contributed by atoms with Crippen LogP contribution in [0.4, 0.5) is 0 Å². The molecule has 1 saturated heterocycles. The lowest BCUT2D eigenvalue weighted by molar-refractivity contribution is -0.00767. The fourth-order valence-electron chi connectivity index (χ4n) is 3.25. The molecule has 23 heavy (non-hydrogen) atoms. The van der Waals surface area contributed by atoms with Crippen molar-refractivity contribution in [3.8, 4) is 5.69 Å². The Morgan fingerprint density at radius 1 is 1.09 bits per heavy atom. The zero-order chi connectivity index (χ0) is 15.5. The molecule has 0 N–H and O–H groups in total. The summed E-state index contributed by atoms with van der Waals surface area (Å²) in [6, 6.07) is 6.09. The quantitative estimate of drug-likeness (QED) is 0.822. The van der Waals surface area contributed by atoms with Crippen molar-refractivity contribution in [2.75, 3.05) is 19.7 Å². The van der Waals surface area contributed by atoms with E-state index in [2.05, 4.69) is 21.0 Å². The number of ether oxygens (including phenoxy) is 1. The molecule has 1 aliphatic carbocycles. The molecule has 4 rings (SSSR count). The van der Waals surface area contributed by atoms with E-state index in [1.165, 1.54) is 31.4 Å². The summed E-state index contributed by atoms with van der Waals surface area (Å²) in [5, 5.41) is 4.47. The van der Waals surface area contributed by atoms with E-state index in [-0.39, 0.29) is 0 Å². The Hall–Kier alpha value is -1.72. The topological polar surface area (TPSA) is 43.2 Å². The van der Waals surface area contributed by atoms with Gasteiger partial charge < -0.3 is 4.74 Å². The summed E-state index contributed by atoms with van der Waals surface area (Å²) in [4.78, 5) is 6.58. The first-order valence-corrected chi connectivity index (χ1v) is 8.66. The summed E-state index contributed by atoms with van der Waals surface area (Å²) < 4.78 is 8.11. The molecular weight excluding hydrogens is 288 g/mol. The average molecular weight is 312 g/mol. The molecular formula is C18H24N4O. The Bertz CT molecular complexity index is 623. The summed E-state index contributed by atoms with van der Waals surface area (Å²) >= 11 is 0. The van der Waals surface area contributed by atoms with E-state index >= 15 is 0 Å². The number of aromatic nitrogens is 3. The van der Waals surface area contributed by atoms with Gasteiger partial charge in [-0.1, -0.05) is 0 Å². The zero-order valence-corrected chi connectivity index (χ0v) is 13.5. The van der Waals surface area contributed by atoms with Crippen molar-refractivity contribution in [3.05, 3.63) is 42.5 Å². The number of hydrogen-bond acceptors (Lipinski definition) is 4. The van der Waals surface area contributed by atoms with Gasteiger partial charge in [-0.2, -0.15) is 5.10 Å². The highest BCUT2D eigenvalue weighted by atomic mass is 16.5. The van der Waals surface area contributed by atoms with Gasteiger partial charge in [-0.25, -0.2) is 4.68 Å². The molecule has 2 aliphatic rings. The molecule has 5 nitrogen and oxygen atoms in total. The standard InChI is InChI=1S/C18H24N4O/c1-2-18(23-14-15-3-4-15)13-21(11-1)12-17-7-10-20-22(17)16-5-8-19-9-6-16/h5-10,15,18H,1-4,11-14H2. The second-order valence-corrected chi connectivity index (χ2v) is 6.72. The van der Waals surface area contributed by atoms with E-state index in [9.17, 15) is 0 Å². The smallest absolute Gasteiger partial charge is 0.0702 e. The van der Waals surface area contributed by atoms with Crippen molar-refractivity contribution in [2.45, 2.75) is 38.3 Å². The molecule has 5 heteroatoms. The van der Waals surface area contributed by atoms with Crippen LogP contribution in [0.2, 0.25) is 0 Å². The fraction of sp³-hybridized carbons (Fsp3) is 0.556. The van der Waals surface area contributed by atoms with Gasteiger partial charge >= 0.3 is 0 Å². The van der Waals surface area contributed by atoms with Crippen LogP contribution in [-0.4, -0.2) is 45.5 Å². The van der Waals surface area contributed by atoms with Gasteiger partial charge in [-0.3, -0.25) is 9.88 Å². The molecule has 3 heterocycles. The molecule has 2 aromatic rings. The predicted molar refractivity (Wildman–Crippen MR) is 88.3 cm³/mol. The Morgan fingerprint density at radius 2 is 1.96 bits per heavy atom. The Labute approximate surface area is 137 Å². The van der Waals surface area contributed by atoms with Crippen LogP contribution >= 0.6 is 0 Å². The SMILES string of the molecule is c1cc(-n2nccc2CN2CCCC(OCC3CC3)C2)ccn1. The Balaban J connectivity index is 1.39. The van der Waals surface area contributed by atoms with Crippen LogP contribution < -0.4 is 0 Å². The molecule has 0 radical (unpaired) electrons. The van der Waals surface area contributed by atoms with Crippen molar-refractivity contribution in [2.24, 2.45) is 5.92 Å². The predicted octanol–water partition coefficient (Wildman–Crippen LogP) is 2.66. The minimum absolute atomic E-state index is 0.404. The molecule has 1 aliphatic heterocycles. The van der Waals surface area contributed by atoms with E-state index in [1.54, 1.807) is 0 Å². The number of rotatable bonds is 6. The molecule has 1 saturated carbocycles. The Morgan fingerprint density at radius 3 is 2.78 bits per heavy atom. The Kier molecular flexibility index (Phi) is 4.39. The monoisotopic (exact) mass is 312 g/mol. The summed E-state index contributed by atoms with van der Waals surface area (Å²) in [6.45, 7) is 4.07. The first-order valence-electron chi connectivity index (χ1n) is 8.66. The third-order valence-electron chi connectivity index (χ3n) is 4.74. The number of pyridine rings is 1. The molecule has 2 fully saturated rings. The lowest BCUT2D eigenvalue weighted by Gasteiger charge is -2.32. The van der Waals surface area contributed by atoms with Gasteiger partial charge in [0, 0.05) is 38.3 Å². The molecule has 2 aromatic heterocycles. The molecule has 1 atom stereocenters. The van der Waals surface area contributed by atoms with E-state index in [4.69, 9.17) is 4.74 Å². The highest BCUT2D eigenvalue weighted by molar-refractivity contribution is 5.30. The molecule has 0 aromatic carbocycles. The van der Waals surface area contributed by atoms with Crippen LogP contribution in [0.5, 0.6) is 0 Å². The summed E-state index contributed by atoms with van der Waals surface area (Å²) in [5.41, 5.74) is 2.29. The minimum Gasteiger partial charge on any atom is -0.377 e. The molecule has 0 bridgehead atoms. The largest absolute Gasteiger partial charge is 0.377 e. The number of likely N-dealkylation sites (tertiary alicyclic amines) is 1. The van der Waals surface area contributed by atoms with E-state index < -0.39 is 0 Å². The zero-order valence-electron chi connectivity index (χ0n) is 13.5. The maximum absolute atomic E-state index is 6.10. The summed E-state index contributed by atoms with van der Waals surface area (Å²) in [5.74, 6) is 0.846. The third kappa shape index (κ3) is 3.79. The van der Waals surface area contributed by atoms with E-state index in [1.807, 2.05) is 35.4 Å². The van der Waals surface area contributed by atoms with Gasteiger partial charge in [0.05, 0.1) is 17.5 Å². The fourth-order valence-corrected chi connectivity index (χ4v) is 3.25. The van der Waals surface area contributed by atoms with Crippen molar-refractivity contribution >= 4 is 0 Å². The number of hydrogen-bond donors (Lipinski definition) is 0. The highest BCUT2D eigenvalue weighted by Crippen LogP contribution is 2.30. The summed E-state index contributed by atoms with van der Waals surface area (Å²) in [6.07, 6.45) is 11.0. The molecule has 0 spiro atoms. The summed E-state index contributed by atoms with van der Waals surface area (Å²) in [7, 11) is 0. The van der Waals surface area contributed by atoms with Crippen LogP contribution in [-0.2, 0) is 11.3 Å². The second kappa shape index (κ2) is 6.81. The lowest BCUT2D eigenvalue weighted by Crippen LogP contribution is -2.39. The van der Waals surface area contributed by atoms with E-state index in [0.29, 0.717) is 6.10 Å². The van der Waals surface area contributed by atoms with Crippen LogP contribution in [0.3, 0.4) is 0 Å². The highest BCUT2D eigenvalue weighted by Gasteiger charge is 2.26. The van der Waals surface area contributed by atoms with Gasteiger partial charge in [-0.15, -0.1) is 0 Å². The van der Waals surface area contributed by atoms with Crippen LogP contribution in [0, 0.1) is 5.92 Å². The maximum atomic E-state index is 6.10. The van der Waals surface area contributed by atoms with Crippen LogP contribution in [0.1, 0.15) is 31.4 Å². The van der Waals surface area contributed by atoms with Gasteiger partial charge in [0.1, 0.15) is 0 Å². The van der Waals surface area contributed by atoms with Crippen molar-refractivity contribution in [3.63, 3.8) is 0 Å². The van der Waals surface area contributed by atoms with Gasteiger partial charge in [-0.05, 0) is 56.3 Å². The maximum Gasteiger partial charge on any atom is 0.0702 e. The molecule has 0 amide bonds. The first-order chi connectivity index (χ1) is 11.4. The van der Waals surface area contributed by atoms with Crippen molar-refractivity contribution in [1.29, 1.82) is 0 Å². The van der Waals surface area contributed by atoms with Gasteiger partial charge in [0.25, 0.3) is 0 Å². The van der Waals surface area contributed by atoms with Gasteiger partial charge in [0.15, 0.2) is 0 Å².